The van der Waals surface area contributed by atoms with Crippen molar-refractivity contribution >= 4 is 17.5 Å². The van der Waals surface area contributed by atoms with Gasteiger partial charge >= 0.3 is 0 Å². The third-order valence-electron chi connectivity index (χ3n) is 0.975. The highest BCUT2D eigenvalue weighted by Crippen LogP contribution is 2.18. The number of hydrogen-bond donors (Lipinski definition) is 0. The summed E-state index contributed by atoms with van der Waals surface area (Å²) >= 11 is 1.86. The molecule has 1 heterocycles. The van der Waals surface area contributed by atoms with E-state index in [1.54, 1.807) is 0 Å². The van der Waals surface area contributed by atoms with Gasteiger partial charge in [-0.15, -0.1) is 11.8 Å². The van der Waals surface area contributed by atoms with Gasteiger partial charge in [-0.2, -0.15) is 0 Å². The van der Waals surface area contributed by atoms with Crippen molar-refractivity contribution in [3.63, 3.8) is 0 Å². The third-order valence-corrected chi connectivity index (χ3v) is 2.10. The normalized spacial score (nSPS) is 19.8. The third kappa shape index (κ3) is 1.37. The van der Waals surface area contributed by atoms with E-state index in [0.29, 0.717) is 0 Å². The van der Waals surface area contributed by atoms with Crippen LogP contribution in [0.5, 0.6) is 0 Å². The Kier molecular flexibility index (Phi) is 1.73. The van der Waals surface area contributed by atoms with E-state index in [9.17, 15) is 0 Å². The predicted octanol–water partition coefficient (Wildman–Crippen LogP) is 2.06. The van der Waals surface area contributed by atoms with E-state index in [2.05, 4.69) is 18.8 Å². The molecule has 1 aliphatic heterocycles. The van der Waals surface area contributed by atoms with Gasteiger partial charge in [-0.05, 0) is 13.8 Å². The topological polar surface area (TPSA) is 12.4 Å². The number of allylic oxidation sites excluding steroid dienone is 1. The van der Waals surface area contributed by atoms with Crippen LogP contribution in [-0.4, -0.2) is 11.5 Å². The average molecular weight is 127 g/mol. The Morgan fingerprint density at radius 2 is 2.38 bits per heavy atom. The number of rotatable bonds is 0. The van der Waals surface area contributed by atoms with Crippen LogP contribution in [0.2, 0.25) is 0 Å². The van der Waals surface area contributed by atoms with E-state index in [1.807, 2.05) is 18.0 Å². The summed E-state index contributed by atoms with van der Waals surface area (Å²) in [5.74, 6) is 1.07. The molecule has 1 nitrogen and oxygen atoms in total. The monoisotopic (exact) mass is 127 g/mol. The minimum Gasteiger partial charge on any atom is -0.264 e. The lowest BCUT2D eigenvalue weighted by atomic mass is 10.5. The molecule has 0 aliphatic carbocycles. The van der Waals surface area contributed by atoms with Crippen LogP contribution in [0, 0.1) is 0 Å². The van der Waals surface area contributed by atoms with Crippen molar-refractivity contribution in [3.8, 4) is 0 Å². The van der Waals surface area contributed by atoms with Crippen LogP contribution in [0.4, 0.5) is 0 Å². The second-order valence-electron chi connectivity index (χ2n) is 1.89. The molecule has 0 amide bonds. The van der Waals surface area contributed by atoms with Crippen molar-refractivity contribution in [3.05, 3.63) is 11.1 Å². The van der Waals surface area contributed by atoms with Crippen molar-refractivity contribution in [2.75, 3.05) is 5.75 Å². The SMILES string of the molecule is CC1=CN=C(C)CS1. The van der Waals surface area contributed by atoms with Gasteiger partial charge in [0.15, 0.2) is 0 Å². The van der Waals surface area contributed by atoms with Gasteiger partial charge in [0.05, 0.1) is 0 Å². The van der Waals surface area contributed by atoms with Crippen molar-refractivity contribution in [2.24, 2.45) is 4.99 Å². The molecule has 0 atom stereocenters. The average Bonchev–Trinajstić information content (AvgIpc) is 1.77. The maximum atomic E-state index is 4.14. The fourth-order valence-electron chi connectivity index (χ4n) is 0.494. The Morgan fingerprint density at radius 3 is 2.75 bits per heavy atom. The summed E-state index contributed by atoms with van der Waals surface area (Å²) in [7, 11) is 0. The molecule has 0 aromatic carbocycles. The molecular weight excluding hydrogens is 118 g/mol. The van der Waals surface area contributed by atoms with Crippen LogP contribution in [-0.2, 0) is 0 Å². The molecule has 0 spiro atoms. The number of nitrogens with zero attached hydrogens (tertiary/aromatic N) is 1. The first-order valence-corrected chi connectivity index (χ1v) is 3.60. The van der Waals surface area contributed by atoms with Crippen LogP contribution in [0.15, 0.2) is 16.1 Å². The molecule has 8 heavy (non-hydrogen) atoms. The molecule has 44 valence electrons. The summed E-state index contributed by atoms with van der Waals surface area (Å²) in [6, 6.07) is 0. The number of aliphatic imine (C=N–C) groups is 1. The van der Waals surface area contributed by atoms with Gasteiger partial charge in [-0.3, -0.25) is 4.99 Å². The fraction of sp³-hybridized carbons (Fsp3) is 0.500. The van der Waals surface area contributed by atoms with Crippen molar-refractivity contribution in [1.82, 2.24) is 0 Å². The maximum Gasteiger partial charge on any atom is 0.0360 e. The van der Waals surface area contributed by atoms with Gasteiger partial charge in [0, 0.05) is 22.6 Å². The lowest BCUT2D eigenvalue weighted by Gasteiger charge is -2.04. The summed E-state index contributed by atoms with van der Waals surface area (Å²) in [6.45, 7) is 4.14. The second-order valence-corrected chi connectivity index (χ2v) is 3.11. The van der Waals surface area contributed by atoms with Gasteiger partial charge in [0.2, 0.25) is 0 Å². The maximum absolute atomic E-state index is 4.14. The molecule has 0 unspecified atom stereocenters. The highest BCUT2D eigenvalue weighted by molar-refractivity contribution is 8.03. The Hall–Kier alpha value is -0.240. The van der Waals surface area contributed by atoms with E-state index in [-0.39, 0.29) is 0 Å². The Morgan fingerprint density at radius 1 is 1.62 bits per heavy atom. The molecule has 0 N–H and O–H groups in total. The molecule has 2 heteroatoms. The quantitative estimate of drug-likeness (QED) is 0.485. The molecule has 0 radical (unpaired) electrons. The summed E-state index contributed by atoms with van der Waals surface area (Å²) in [5.41, 5.74) is 1.22. The van der Waals surface area contributed by atoms with E-state index in [0.717, 1.165) is 5.75 Å². The largest absolute Gasteiger partial charge is 0.264 e. The van der Waals surface area contributed by atoms with Crippen LogP contribution in [0.3, 0.4) is 0 Å². The zero-order valence-corrected chi connectivity index (χ0v) is 5.96. The molecule has 0 aromatic heterocycles. The summed E-state index contributed by atoms with van der Waals surface area (Å²) in [5, 5.41) is 0. The predicted molar refractivity (Wildman–Crippen MR) is 39.3 cm³/mol. The molecule has 0 saturated heterocycles. The van der Waals surface area contributed by atoms with Gasteiger partial charge in [-0.1, -0.05) is 0 Å². The minimum absolute atomic E-state index is 1.07. The Balaban J connectivity index is 2.65. The highest BCUT2D eigenvalue weighted by atomic mass is 32.2. The summed E-state index contributed by atoms with van der Waals surface area (Å²) < 4.78 is 0. The number of hydrogen-bond acceptors (Lipinski definition) is 2. The second kappa shape index (κ2) is 2.35. The van der Waals surface area contributed by atoms with E-state index in [1.165, 1.54) is 10.6 Å². The van der Waals surface area contributed by atoms with Crippen LogP contribution in [0.25, 0.3) is 0 Å². The molecule has 0 aromatic rings. The van der Waals surface area contributed by atoms with Gasteiger partial charge in [-0.25, -0.2) is 0 Å². The smallest absolute Gasteiger partial charge is 0.0360 e. The summed E-state index contributed by atoms with van der Waals surface area (Å²) in [4.78, 5) is 5.46. The Labute approximate surface area is 53.9 Å². The van der Waals surface area contributed by atoms with E-state index < -0.39 is 0 Å². The van der Waals surface area contributed by atoms with Crippen molar-refractivity contribution in [2.45, 2.75) is 13.8 Å². The van der Waals surface area contributed by atoms with E-state index >= 15 is 0 Å². The van der Waals surface area contributed by atoms with E-state index in [4.69, 9.17) is 0 Å². The zero-order chi connectivity index (χ0) is 5.98. The molecule has 0 bridgehead atoms. The molecule has 0 fully saturated rings. The fourth-order valence-corrected chi connectivity index (χ4v) is 1.13. The highest BCUT2D eigenvalue weighted by Gasteiger charge is 1.97. The lowest BCUT2D eigenvalue weighted by molar-refractivity contribution is 1.44. The number of thioether (sulfide) groups is 1. The first kappa shape index (κ1) is 5.89. The van der Waals surface area contributed by atoms with Crippen LogP contribution >= 0.6 is 11.8 Å². The van der Waals surface area contributed by atoms with Crippen molar-refractivity contribution in [1.29, 1.82) is 0 Å². The molecular formula is C6H9NS. The van der Waals surface area contributed by atoms with Crippen LogP contribution in [0.1, 0.15) is 13.8 Å². The van der Waals surface area contributed by atoms with Crippen LogP contribution < -0.4 is 0 Å². The molecule has 0 saturated carbocycles. The minimum atomic E-state index is 1.07. The van der Waals surface area contributed by atoms with Gasteiger partial charge in [0.25, 0.3) is 0 Å². The lowest BCUT2D eigenvalue weighted by Crippen LogP contribution is -1.97. The van der Waals surface area contributed by atoms with Crippen molar-refractivity contribution < 1.29 is 0 Å². The molecule has 1 aliphatic rings. The van der Waals surface area contributed by atoms with Gasteiger partial charge in [0.1, 0.15) is 0 Å². The first-order valence-electron chi connectivity index (χ1n) is 2.62. The first-order chi connectivity index (χ1) is 3.79. The Bertz CT molecular complexity index is 129. The summed E-state index contributed by atoms with van der Waals surface area (Å²) in [6.07, 6.45) is 1.92. The zero-order valence-electron chi connectivity index (χ0n) is 5.14. The standard InChI is InChI=1S/C6H9NS/c1-5-4-8-6(2)3-7-5/h3H,4H2,1-2H3. The van der Waals surface area contributed by atoms with Gasteiger partial charge < -0.3 is 0 Å². The molecule has 1 rings (SSSR count).